The summed E-state index contributed by atoms with van der Waals surface area (Å²) in [6, 6.07) is 14.7. The first-order valence-electron chi connectivity index (χ1n) is 7.33. The molecule has 0 heterocycles. The average Bonchev–Trinajstić information content (AvgIpc) is 2.48. The molecule has 0 aliphatic carbocycles. The van der Waals surface area contributed by atoms with Crippen LogP contribution in [0.2, 0.25) is 0 Å². The van der Waals surface area contributed by atoms with Gasteiger partial charge in [0, 0.05) is 25.4 Å². The van der Waals surface area contributed by atoms with Crippen LogP contribution in [0.15, 0.2) is 48.5 Å². The highest BCUT2D eigenvalue weighted by molar-refractivity contribution is 7.89. The molecule has 0 aliphatic heterocycles. The minimum absolute atomic E-state index is 0.0134. The average molecular weight is 331 g/mol. The molecule has 0 bridgehead atoms. The Morgan fingerprint density at radius 2 is 1.65 bits per heavy atom. The fourth-order valence-electron chi connectivity index (χ4n) is 2.38. The Morgan fingerprint density at radius 3 is 2.22 bits per heavy atom. The van der Waals surface area contributed by atoms with Gasteiger partial charge in [-0.1, -0.05) is 36.4 Å². The minimum atomic E-state index is -3.07. The van der Waals surface area contributed by atoms with Crippen LogP contribution in [0.1, 0.15) is 27.0 Å². The van der Waals surface area contributed by atoms with Gasteiger partial charge in [0.25, 0.3) is 5.91 Å². The van der Waals surface area contributed by atoms with Gasteiger partial charge in [0.1, 0.15) is 0 Å². The van der Waals surface area contributed by atoms with Crippen LogP contribution in [0.5, 0.6) is 0 Å². The van der Waals surface area contributed by atoms with E-state index in [0.29, 0.717) is 17.7 Å². The van der Waals surface area contributed by atoms with Crippen molar-refractivity contribution in [1.82, 2.24) is 4.90 Å². The van der Waals surface area contributed by atoms with Crippen molar-refractivity contribution >= 4 is 15.7 Å². The van der Waals surface area contributed by atoms with Crippen molar-refractivity contribution < 1.29 is 13.2 Å². The number of sulfone groups is 1. The number of carbonyl (C=O) groups is 1. The molecule has 0 saturated carbocycles. The van der Waals surface area contributed by atoms with Crippen molar-refractivity contribution in [2.45, 2.75) is 19.2 Å². The Bertz CT molecular complexity index is 795. The van der Waals surface area contributed by atoms with Crippen LogP contribution >= 0.6 is 0 Å². The van der Waals surface area contributed by atoms with Gasteiger partial charge in [-0.15, -0.1) is 0 Å². The lowest BCUT2D eigenvalue weighted by molar-refractivity contribution is 0.0785. The first-order valence-corrected chi connectivity index (χ1v) is 9.39. The smallest absolute Gasteiger partial charge is 0.253 e. The zero-order valence-electron chi connectivity index (χ0n) is 13.6. The molecule has 23 heavy (non-hydrogen) atoms. The molecule has 0 aliphatic rings. The number of hydrogen-bond donors (Lipinski definition) is 0. The van der Waals surface area contributed by atoms with E-state index in [0.717, 1.165) is 11.1 Å². The maximum absolute atomic E-state index is 12.5. The summed E-state index contributed by atoms with van der Waals surface area (Å²) in [6.45, 7) is 2.56. The third-order valence-corrected chi connectivity index (χ3v) is 4.50. The van der Waals surface area contributed by atoms with E-state index >= 15 is 0 Å². The van der Waals surface area contributed by atoms with Crippen molar-refractivity contribution in [2.75, 3.05) is 13.3 Å². The molecule has 0 aromatic heterocycles. The van der Waals surface area contributed by atoms with Crippen molar-refractivity contribution in [3.8, 4) is 0 Å². The van der Waals surface area contributed by atoms with Gasteiger partial charge < -0.3 is 4.90 Å². The number of amides is 1. The van der Waals surface area contributed by atoms with Gasteiger partial charge in [-0.05, 0) is 35.7 Å². The van der Waals surface area contributed by atoms with Crippen LogP contribution in [0.25, 0.3) is 0 Å². The number of nitrogens with zero attached hydrogens (tertiary/aromatic N) is 1. The molecule has 4 nitrogen and oxygen atoms in total. The summed E-state index contributed by atoms with van der Waals surface area (Å²) in [5, 5.41) is 0. The van der Waals surface area contributed by atoms with Crippen LogP contribution in [0.4, 0.5) is 0 Å². The molecule has 0 radical (unpaired) electrons. The Kier molecular flexibility index (Phi) is 5.21. The van der Waals surface area contributed by atoms with E-state index in [4.69, 9.17) is 0 Å². The molecule has 2 aromatic rings. The SMILES string of the molecule is Cc1ccccc1CN(C)C(=O)c1ccc(CS(C)(=O)=O)cc1. The van der Waals surface area contributed by atoms with E-state index in [1.54, 1.807) is 36.2 Å². The predicted octanol–water partition coefficient (Wildman–Crippen LogP) is 2.81. The number of carbonyl (C=O) groups excluding carboxylic acids is 1. The number of benzene rings is 2. The van der Waals surface area contributed by atoms with Crippen molar-refractivity contribution in [3.63, 3.8) is 0 Å². The van der Waals surface area contributed by atoms with Crippen LogP contribution in [-0.2, 0) is 22.1 Å². The van der Waals surface area contributed by atoms with E-state index in [1.165, 1.54) is 6.26 Å². The lowest BCUT2D eigenvalue weighted by atomic mass is 10.1. The van der Waals surface area contributed by atoms with E-state index in [9.17, 15) is 13.2 Å². The van der Waals surface area contributed by atoms with Gasteiger partial charge >= 0.3 is 0 Å². The fourth-order valence-corrected chi connectivity index (χ4v) is 3.18. The maximum atomic E-state index is 12.5. The predicted molar refractivity (Wildman–Crippen MR) is 92.0 cm³/mol. The summed E-state index contributed by atoms with van der Waals surface area (Å²) in [4.78, 5) is 14.1. The van der Waals surface area contributed by atoms with Gasteiger partial charge in [-0.3, -0.25) is 4.79 Å². The second-order valence-corrected chi connectivity index (χ2v) is 7.99. The molecule has 0 fully saturated rings. The van der Waals surface area contributed by atoms with Crippen molar-refractivity contribution in [1.29, 1.82) is 0 Å². The largest absolute Gasteiger partial charge is 0.337 e. The Balaban J connectivity index is 2.09. The third-order valence-electron chi connectivity index (χ3n) is 3.65. The summed E-state index contributed by atoms with van der Waals surface area (Å²) in [5.41, 5.74) is 3.50. The van der Waals surface area contributed by atoms with E-state index in [1.807, 2.05) is 31.2 Å². The normalized spacial score (nSPS) is 11.3. The monoisotopic (exact) mass is 331 g/mol. The summed E-state index contributed by atoms with van der Waals surface area (Å²) < 4.78 is 22.6. The van der Waals surface area contributed by atoms with E-state index in [-0.39, 0.29) is 11.7 Å². The Labute approximate surface area is 137 Å². The van der Waals surface area contributed by atoms with Crippen molar-refractivity contribution in [3.05, 3.63) is 70.8 Å². The highest BCUT2D eigenvalue weighted by Crippen LogP contribution is 2.13. The van der Waals surface area contributed by atoms with Crippen LogP contribution in [0, 0.1) is 6.92 Å². The quantitative estimate of drug-likeness (QED) is 0.846. The molecule has 0 saturated heterocycles. The minimum Gasteiger partial charge on any atom is -0.337 e. The molecular weight excluding hydrogens is 310 g/mol. The second-order valence-electron chi connectivity index (χ2n) is 5.85. The Hall–Kier alpha value is -2.14. The molecular formula is C18H21NO3S. The molecule has 2 aromatic carbocycles. The van der Waals surface area contributed by atoms with E-state index < -0.39 is 9.84 Å². The molecule has 0 N–H and O–H groups in total. The topological polar surface area (TPSA) is 54.5 Å². The van der Waals surface area contributed by atoms with Gasteiger partial charge in [-0.25, -0.2) is 8.42 Å². The van der Waals surface area contributed by atoms with Crippen molar-refractivity contribution in [2.24, 2.45) is 0 Å². The zero-order chi connectivity index (χ0) is 17.0. The molecule has 0 unspecified atom stereocenters. The molecule has 1 amide bonds. The van der Waals surface area contributed by atoms with E-state index in [2.05, 4.69) is 0 Å². The molecule has 0 atom stereocenters. The highest BCUT2D eigenvalue weighted by Gasteiger charge is 2.13. The van der Waals surface area contributed by atoms with Crippen LogP contribution in [0.3, 0.4) is 0 Å². The number of hydrogen-bond acceptors (Lipinski definition) is 3. The van der Waals surface area contributed by atoms with Gasteiger partial charge in [0.2, 0.25) is 0 Å². The lowest BCUT2D eigenvalue weighted by Gasteiger charge is -2.18. The number of aryl methyl sites for hydroxylation is 1. The second kappa shape index (κ2) is 6.96. The lowest BCUT2D eigenvalue weighted by Crippen LogP contribution is -2.26. The summed E-state index contributed by atoms with van der Waals surface area (Å²) in [5.74, 6) is -0.0975. The van der Waals surface area contributed by atoms with Gasteiger partial charge in [-0.2, -0.15) is 0 Å². The zero-order valence-corrected chi connectivity index (χ0v) is 14.4. The summed E-state index contributed by atoms with van der Waals surface area (Å²) >= 11 is 0. The Morgan fingerprint density at radius 1 is 1.04 bits per heavy atom. The molecule has 122 valence electrons. The summed E-state index contributed by atoms with van der Waals surface area (Å²) in [6.07, 6.45) is 1.20. The first kappa shape index (κ1) is 17.2. The number of rotatable bonds is 5. The standard InChI is InChI=1S/C18H21NO3S/c1-14-6-4-5-7-17(14)12-19(2)18(20)16-10-8-15(9-11-16)13-23(3,21)22/h4-11H,12-13H2,1-3H3. The molecule has 0 spiro atoms. The van der Waals surface area contributed by atoms with Crippen LogP contribution in [-0.4, -0.2) is 32.5 Å². The third kappa shape index (κ3) is 4.93. The highest BCUT2D eigenvalue weighted by atomic mass is 32.2. The van der Waals surface area contributed by atoms with Gasteiger partial charge in [0.15, 0.2) is 9.84 Å². The van der Waals surface area contributed by atoms with Crippen LogP contribution < -0.4 is 0 Å². The van der Waals surface area contributed by atoms with Gasteiger partial charge in [0.05, 0.1) is 5.75 Å². The first-order chi connectivity index (χ1) is 10.8. The molecule has 5 heteroatoms. The summed E-state index contributed by atoms with van der Waals surface area (Å²) in [7, 11) is -1.30. The molecule has 2 rings (SSSR count). The fraction of sp³-hybridized carbons (Fsp3) is 0.278. The maximum Gasteiger partial charge on any atom is 0.253 e.